The van der Waals surface area contributed by atoms with Gasteiger partial charge in [-0.25, -0.2) is 9.97 Å². The molecular formula is C57H37N3O. The Balaban J connectivity index is 1.13. The fraction of sp³-hybridized carbons (Fsp3) is 0.0175. The van der Waals surface area contributed by atoms with Crippen molar-refractivity contribution in [2.45, 2.75) is 6.92 Å². The lowest BCUT2D eigenvalue weighted by molar-refractivity contribution is 0.669. The van der Waals surface area contributed by atoms with Gasteiger partial charge in [0.1, 0.15) is 11.2 Å². The van der Waals surface area contributed by atoms with Crippen LogP contribution in [0, 0.1) is 6.92 Å². The van der Waals surface area contributed by atoms with Crippen LogP contribution in [-0.2, 0) is 0 Å². The third-order valence-corrected chi connectivity index (χ3v) is 12.2. The monoisotopic (exact) mass is 779 g/mol. The van der Waals surface area contributed by atoms with Gasteiger partial charge in [0.2, 0.25) is 0 Å². The van der Waals surface area contributed by atoms with Gasteiger partial charge in [0.25, 0.3) is 0 Å². The van der Waals surface area contributed by atoms with Crippen LogP contribution in [0.15, 0.2) is 211 Å². The number of fused-ring (bicyclic) bond motifs is 7. The Morgan fingerprint density at radius 3 is 1.72 bits per heavy atom. The van der Waals surface area contributed by atoms with Crippen molar-refractivity contribution in [3.05, 3.63) is 212 Å². The summed E-state index contributed by atoms with van der Waals surface area (Å²) in [6.45, 7) is 2.14. The van der Waals surface area contributed by atoms with Gasteiger partial charge in [-0.2, -0.15) is 0 Å². The number of hydrogen-bond acceptors (Lipinski definition) is 3. The second kappa shape index (κ2) is 14.0. The number of para-hydroxylation sites is 2. The van der Waals surface area contributed by atoms with Gasteiger partial charge < -0.3 is 8.98 Å². The molecule has 12 rings (SSSR count). The standard InChI is InChI=1S/C57H37N3O/c1-36-55(40-29-27-39(28-30-40)37-15-4-2-5-16-37)58-57(59-56(36)44-22-14-21-41(31-44)38-17-6-3-7-18-38)45-34-51(54-47-24-11-13-26-52(47)61-53(54)35-45)60-49-25-12-10-23-46(49)48-32-42-19-8-9-20-43(42)33-50(48)60/h2-35H,1H3. The molecule has 3 heterocycles. The van der Waals surface area contributed by atoms with Crippen molar-refractivity contribution in [3.63, 3.8) is 0 Å². The first kappa shape index (κ1) is 34.9. The molecule has 0 bridgehead atoms. The van der Waals surface area contributed by atoms with E-state index in [1.165, 1.54) is 27.1 Å². The minimum absolute atomic E-state index is 0.627. The number of hydrogen-bond donors (Lipinski definition) is 0. The molecule has 61 heavy (non-hydrogen) atoms. The number of nitrogens with zero attached hydrogens (tertiary/aromatic N) is 3. The lowest BCUT2D eigenvalue weighted by atomic mass is 9.96. The second-order valence-electron chi connectivity index (χ2n) is 15.8. The molecular weight excluding hydrogens is 743 g/mol. The summed E-state index contributed by atoms with van der Waals surface area (Å²) in [5.74, 6) is 0.627. The second-order valence-corrected chi connectivity index (χ2v) is 15.8. The van der Waals surface area contributed by atoms with E-state index in [1.807, 2.05) is 6.07 Å². The third-order valence-electron chi connectivity index (χ3n) is 12.2. The predicted molar refractivity (Wildman–Crippen MR) is 253 cm³/mol. The molecule has 0 saturated carbocycles. The minimum atomic E-state index is 0.627. The molecule has 12 aromatic rings. The molecule has 286 valence electrons. The van der Waals surface area contributed by atoms with Crippen molar-refractivity contribution >= 4 is 54.5 Å². The Kier molecular flexibility index (Phi) is 8.04. The molecule has 0 aliphatic rings. The Morgan fingerprint density at radius 1 is 0.377 bits per heavy atom. The summed E-state index contributed by atoms with van der Waals surface area (Å²) in [6.07, 6.45) is 0. The summed E-state index contributed by atoms with van der Waals surface area (Å²) in [6, 6.07) is 73.1. The smallest absolute Gasteiger partial charge is 0.160 e. The van der Waals surface area contributed by atoms with Crippen LogP contribution in [0.5, 0.6) is 0 Å². The topological polar surface area (TPSA) is 43.9 Å². The van der Waals surface area contributed by atoms with Gasteiger partial charge in [0, 0.05) is 38.4 Å². The molecule has 0 N–H and O–H groups in total. The van der Waals surface area contributed by atoms with Crippen molar-refractivity contribution in [1.29, 1.82) is 0 Å². The number of rotatable bonds is 6. The molecule has 4 nitrogen and oxygen atoms in total. The van der Waals surface area contributed by atoms with E-state index >= 15 is 0 Å². The molecule has 0 aliphatic carbocycles. The van der Waals surface area contributed by atoms with Crippen molar-refractivity contribution in [1.82, 2.24) is 14.5 Å². The van der Waals surface area contributed by atoms with Gasteiger partial charge in [0.15, 0.2) is 5.82 Å². The van der Waals surface area contributed by atoms with Crippen LogP contribution in [-0.4, -0.2) is 14.5 Å². The molecule has 0 fully saturated rings. The Morgan fingerprint density at radius 2 is 0.951 bits per heavy atom. The Hall–Kier alpha value is -8.08. The lowest BCUT2D eigenvalue weighted by Crippen LogP contribution is -2.02. The summed E-state index contributed by atoms with van der Waals surface area (Å²) in [4.78, 5) is 11.0. The molecule has 0 amide bonds. The van der Waals surface area contributed by atoms with Crippen LogP contribution < -0.4 is 0 Å². The zero-order valence-electron chi connectivity index (χ0n) is 33.4. The van der Waals surface area contributed by atoms with E-state index in [1.54, 1.807) is 0 Å². The van der Waals surface area contributed by atoms with Gasteiger partial charge in [0.05, 0.1) is 33.5 Å². The van der Waals surface area contributed by atoms with E-state index in [2.05, 4.69) is 212 Å². The maximum atomic E-state index is 6.75. The highest BCUT2D eigenvalue weighted by atomic mass is 16.3. The van der Waals surface area contributed by atoms with Crippen molar-refractivity contribution in [3.8, 4) is 61.8 Å². The summed E-state index contributed by atoms with van der Waals surface area (Å²) >= 11 is 0. The first-order valence-corrected chi connectivity index (χ1v) is 20.7. The van der Waals surface area contributed by atoms with Gasteiger partial charge in [-0.15, -0.1) is 0 Å². The van der Waals surface area contributed by atoms with Gasteiger partial charge in [-0.3, -0.25) is 0 Å². The first-order chi connectivity index (χ1) is 30.1. The SMILES string of the molecule is Cc1c(-c2ccc(-c3ccccc3)cc2)nc(-c2cc(-n3c4ccccc4c4cc5ccccc5cc43)c3c(c2)oc2ccccc23)nc1-c1cccc(-c2ccccc2)c1. The number of furan rings is 1. The third kappa shape index (κ3) is 5.83. The fourth-order valence-electron chi connectivity index (χ4n) is 9.19. The normalized spacial score (nSPS) is 11.7. The summed E-state index contributed by atoms with van der Waals surface area (Å²) < 4.78 is 9.16. The van der Waals surface area contributed by atoms with Crippen LogP contribution in [0.1, 0.15) is 5.56 Å². The average molecular weight is 780 g/mol. The molecule has 0 atom stereocenters. The van der Waals surface area contributed by atoms with E-state index < -0.39 is 0 Å². The molecule has 0 saturated heterocycles. The fourth-order valence-corrected chi connectivity index (χ4v) is 9.19. The molecule has 0 unspecified atom stereocenters. The summed E-state index contributed by atoms with van der Waals surface area (Å²) in [5, 5.41) is 6.92. The molecule has 9 aromatic carbocycles. The number of benzene rings is 9. The van der Waals surface area contributed by atoms with Gasteiger partial charge in [-0.05, 0) is 82.4 Å². The van der Waals surface area contributed by atoms with Crippen molar-refractivity contribution in [2.24, 2.45) is 0 Å². The zero-order chi connectivity index (χ0) is 40.4. The summed E-state index contributed by atoms with van der Waals surface area (Å²) in [7, 11) is 0. The van der Waals surface area contributed by atoms with Crippen LogP contribution >= 0.6 is 0 Å². The highest BCUT2D eigenvalue weighted by Crippen LogP contribution is 2.43. The number of aromatic nitrogens is 3. The highest BCUT2D eigenvalue weighted by Gasteiger charge is 2.23. The van der Waals surface area contributed by atoms with Crippen LogP contribution in [0.2, 0.25) is 0 Å². The lowest BCUT2D eigenvalue weighted by Gasteiger charge is -2.16. The first-order valence-electron chi connectivity index (χ1n) is 20.7. The van der Waals surface area contributed by atoms with Crippen molar-refractivity contribution < 1.29 is 4.42 Å². The predicted octanol–water partition coefficient (Wildman–Crippen LogP) is 15.3. The Bertz CT molecular complexity index is 3640. The average Bonchev–Trinajstić information content (AvgIpc) is 3.86. The quantitative estimate of drug-likeness (QED) is 0.169. The van der Waals surface area contributed by atoms with E-state index in [4.69, 9.17) is 14.4 Å². The maximum absolute atomic E-state index is 6.75. The van der Waals surface area contributed by atoms with E-state index in [-0.39, 0.29) is 0 Å². The maximum Gasteiger partial charge on any atom is 0.160 e. The molecule has 3 aromatic heterocycles. The highest BCUT2D eigenvalue weighted by molar-refractivity contribution is 6.17. The molecule has 4 heteroatoms. The van der Waals surface area contributed by atoms with Crippen molar-refractivity contribution in [2.75, 3.05) is 0 Å². The van der Waals surface area contributed by atoms with Gasteiger partial charge in [-0.1, -0.05) is 164 Å². The molecule has 0 radical (unpaired) electrons. The van der Waals surface area contributed by atoms with Crippen LogP contribution in [0.25, 0.3) is 116 Å². The van der Waals surface area contributed by atoms with E-state index in [0.29, 0.717) is 5.82 Å². The van der Waals surface area contributed by atoms with E-state index in [9.17, 15) is 0 Å². The molecule has 0 aliphatic heterocycles. The van der Waals surface area contributed by atoms with Gasteiger partial charge >= 0.3 is 0 Å². The van der Waals surface area contributed by atoms with E-state index in [0.717, 1.165) is 89.0 Å². The minimum Gasteiger partial charge on any atom is -0.456 e. The zero-order valence-corrected chi connectivity index (χ0v) is 33.4. The largest absolute Gasteiger partial charge is 0.456 e. The summed E-state index contributed by atoms with van der Waals surface area (Å²) in [5.41, 5.74) is 15.2. The molecule has 0 spiro atoms. The van der Waals surface area contributed by atoms with Crippen LogP contribution in [0.3, 0.4) is 0 Å². The Labute approximate surface area is 352 Å². The van der Waals surface area contributed by atoms with Crippen LogP contribution in [0.4, 0.5) is 0 Å².